The van der Waals surface area contributed by atoms with Crippen LogP contribution in [0.4, 0.5) is 4.39 Å². The second kappa shape index (κ2) is 4.27. The van der Waals surface area contributed by atoms with Crippen LogP contribution in [-0.2, 0) is 0 Å². The highest BCUT2D eigenvalue weighted by atomic mass is 19.1. The lowest BCUT2D eigenvalue weighted by atomic mass is 9.99. The van der Waals surface area contributed by atoms with Gasteiger partial charge in [-0.3, -0.25) is 4.79 Å². The minimum atomic E-state index is -0.476. The van der Waals surface area contributed by atoms with Crippen molar-refractivity contribution in [1.29, 1.82) is 0 Å². The summed E-state index contributed by atoms with van der Waals surface area (Å²) in [6.07, 6.45) is 0.525. The molecule has 0 saturated heterocycles. The molecule has 0 spiro atoms. The lowest BCUT2D eigenvalue weighted by molar-refractivity contribution is 0.112. The lowest BCUT2D eigenvalue weighted by Crippen LogP contribution is -1.89. The smallest absolute Gasteiger partial charge is 0.152 e. The summed E-state index contributed by atoms with van der Waals surface area (Å²) >= 11 is 0. The van der Waals surface area contributed by atoms with Gasteiger partial charge in [0.05, 0.1) is 5.56 Å². The van der Waals surface area contributed by atoms with Gasteiger partial charge in [0.15, 0.2) is 6.29 Å². The molecule has 2 heteroatoms. The van der Waals surface area contributed by atoms with E-state index in [1.54, 1.807) is 6.07 Å². The molecule has 0 aliphatic heterocycles. The largest absolute Gasteiger partial charge is 0.298 e. The van der Waals surface area contributed by atoms with Crippen molar-refractivity contribution in [2.45, 2.75) is 6.92 Å². The molecule has 0 heterocycles. The van der Waals surface area contributed by atoms with Crippen LogP contribution in [0.1, 0.15) is 15.9 Å². The van der Waals surface area contributed by atoms with Crippen LogP contribution in [-0.4, -0.2) is 6.29 Å². The Hall–Kier alpha value is -1.96. The highest BCUT2D eigenvalue weighted by molar-refractivity contribution is 5.78. The predicted molar refractivity (Wildman–Crippen MR) is 62.0 cm³/mol. The molecule has 0 fully saturated rings. The van der Waals surface area contributed by atoms with E-state index in [-0.39, 0.29) is 5.56 Å². The molecule has 0 aromatic heterocycles. The van der Waals surface area contributed by atoms with Crippen molar-refractivity contribution >= 4 is 6.29 Å². The maximum absolute atomic E-state index is 13.4. The Morgan fingerprint density at radius 3 is 2.50 bits per heavy atom. The van der Waals surface area contributed by atoms with E-state index in [0.29, 0.717) is 6.29 Å². The Balaban J connectivity index is 2.54. The second-order valence-corrected chi connectivity index (χ2v) is 3.67. The summed E-state index contributed by atoms with van der Waals surface area (Å²) in [5, 5.41) is 0. The van der Waals surface area contributed by atoms with Gasteiger partial charge in [-0.05, 0) is 35.7 Å². The molecule has 2 aromatic carbocycles. The summed E-state index contributed by atoms with van der Waals surface area (Å²) in [5.41, 5.74) is 2.96. The fourth-order valence-electron chi connectivity index (χ4n) is 1.69. The second-order valence-electron chi connectivity index (χ2n) is 3.67. The van der Waals surface area contributed by atoms with E-state index in [0.717, 1.165) is 16.7 Å². The monoisotopic (exact) mass is 214 g/mol. The van der Waals surface area contributed by atoms with Crippen LogP contribution in [0, 0.1) is 12.7 Å². The van der Waals surface area contributed by atoms with Crippen molar-refractivity contribution in [1.82, 2.24) is 0 Å². The molecule has 2 aromatic rings. The Morgan fingerprint density at radius 1 is 1.12 bits per heavy atom. The van der Waals surface area contributed by atoms with Crippen LogP contribution >= 0.6 is 0 Å². The van der Waals surface area contributed by atoms with Gasteiger partial charge in [0.1, 0.15) is 5.82 Å². The Morgan fingerprint density at radius 2 is 1.88 bits per heavy atom. The number of aldehydes is 1. The van der Waals surface area contributed by atoms with Gasteiger partial charge in [0.2, 0.25) is 0 Å². The summed E-state index contributed by atoms with van der Waals surface area (Å²) in [6, 6.07) is 12.4. The molecule has 80 valence electrons. The molecule has 2 rings (SSSR count). The van der Waals surface area contributed by atoms with Gasteiger partial charge >= 0.3 is 0 Å². The van der Waals surface area contributed by atoms with E-state index < -0.39 is 5.82 Å². The predicted octanol–water partition coefficient (Wildman–Crippen LogP) is 3.61. The van der Waals surface area contributed by atoms with Gasteiger partial charge < -0.3 is 0 Å². The average molecular weight is 214 g/mol. The third kappa shape index (κ3) is 1.87. The van der Waals surface area contributed by atoms with Crippen LogP contribution in [0.25, 0.3) is 11.1 Å². The van der Waals surface area contributed by atoms with E-state index in [9.17, 15) is 9.18 Å². The van der Waals surface area contributed by atoms with Crippen molar-refractivity contribution in [3.8, 4) is 11.1 Å². The van der Waals surface area contributed by atoms with Crippen LogP contribution in [0.15, 0.2) is 42.5 Å². The van der Waals surface area contributed by atoms with Gasteiger partial charge in [0.25, 0.3) is 0 Å². The first-order valence-electron chi connectivity index (χ1n) is 5.03. The minimum Gasteiger partial charge on any atom is -0.298 e. The van der Waals surface area contributed by atoms with Crippen molar-refractivity contribution < 1.29 is 9.18 Å². The van der Waals surface area contributed by atoms with E-state index in [2.05, 4.69) is 0 Å². The van der Waals surface area contributed by atoms with Crippen molar-refractivity contribution in [3.05, 3.63) is 59.4 Å². The Bertz CT molecular complexity index is 532. The number of carbonyl (C=O) groups is 1. The molecular weight excluding hydrogens is 203 g/mol. The van der Waals surface area contributed by atoms with Crippen LogP contribution in [0.3, 0.4) is 0 Å². The topological polar surface area (TPSA) is 17.1 Å². The molecule has 0 unspecified atom stereocenters. The number of halogens is 1. The highest BCUT2D eigenvalue weighted by Gasteiger charge is 2.05. The molecular formula is C14H11FO. The van der Waals surface area contributed by atoms with Crippen LogP contribution in [0.2, 0.25) is 0 Å². The average Bonchev–Trinajstić information content (AvgIpc) is 2.29. The molecule has 0 saturated carbocycles. The zero-order valence-electron chi connectivity index (χ0n) is 8.91. The van der Waals surface area contributed by atoms with Crippen molar-refractivity contribution in [2.24, 2.45) is 0 Å². The molecule has 1 nitrogen and oxygen atoms in total. The third-order valence-electron chi connectivity index (χ3n) is 2.58. The zero-order valence-corrected chi connectivity index (χ0v) is 8.91. The molecule has 0 atom stereocenters. The maximum atomic E-state index is 13.4. The van der Waals surface area contributed by atoms with Gasteiger partial charge in [0, 0.05) is 0 Å². The van der Waals surface area contributed by atoms with Crippen molar-refractivity contribution in [3.63, 3.8) is 0 Å². The number of rotatable bonds is 2. The number of hydrogen-bond donors (Lipinski definition) is 0. The highest BCUT2D eigenvalue weighted by Crippen LogP contribution is 2.24. The molecule has 16 heavy (non-hydrogen) atoms. The normalized spacial score (nSPS) is 10.1. The summed E-state index contributed by atoms with van der Waals surface area (Å²) in [4.78, 5) is 10.5. The summed E-state index contributed by atoms with van der Waals surface area (Å²) in [5.74, 6) is -0.476. The van der Waals surface area contributed by atoms with Gasteiger partial charge in [-0.15, -0.1) is 0 Å². The van der Waals surface area contributed by atoms with Gasteiger partial charge in [-0.2, -0.15) is 0 Å². The summed E-state index contributed by atoms with van der Waals surface area (Å²) in [6.45, 7) is 1.97. The SMILES string of the molecule is Cc1ccccc1-c1ccc(C=O)c(F)c1. The standard InChI is InChI=1S/C14H11FO/c1-10-4-2-3-5-13(10)11-6-7-12(9-16)14(15)8-11/h2-9H,1H3. The molecule has 0 amide bonds. The fraction of sp³-hybridized carbons (Fsp3) is 0.0714. The van der Waals surface area contributed by atoms with E-state index in [1.807, 2.05) is 31.2 Å². The Labute approximate surface area is 93.5 Å². The lowest BCUT2D eigenvalue weighted by Gasteiger charge is -2.06. The fourth-order valence-corrected chi connectivity index (χ4v) is 1.69. The summed E-state index contributed by atoms with van der Waals surface area (Å²) in [7, 11) is 0. The van der Waals surface area contributed by atoms with E-state index in [4.69, 9.17) is 0 Å². The molecule has 0 radical (unpaired) electrons. The van der Waals surface area contributed by atoms with Crippen molar-refractivity contribution in [2.75, 3.05) is 0 Å². The third-order valence-corrected chi connectivity index (χ3v) is 2.58. The Kier molecular flexibility index (Phi) is 2.82. The number of carbonyl (C=O) groups excluding carboxylic acids is 1. The molecule has 0 aliphatic rings. The maximum Gasteiger partial charge on any atom is 0.152 e. The van der Waals surface area contributed by atoms with Crippen LogP contribution < -0.4 is 0 Å². The quantitative estimate of drug-likeness (QED) is 0.698. The first-order chi connectivity index (χ1) is 7.72. The summed E-state index contributed by atoms with van der Waals surface area (Å²) < 4.78 is 13.4. The first-order valence-corrected chi connectivity index (χ1v) is 5.03. The first kappa shape index (κ1) is 10.6. The van der Waals surface area contributed by atoms with Gasteiger partial charge in [-0.1, -0.05) is 30.3 Å². The zero-order chi connectivity index (χ0) is 11.5. The van der Waals surface area contributed by atoms with Crippen LogP contribution in [0.5, 0.6) is 0 Å². The van der Waals surface area contributed by atoms with E-state index in [1.165, 1.54) is 12.1 Å². The number of aryl methyl sites for hydroxylation is 1. The van der Waals surface area contributed by atoms with Gasteiger partial charge in [-0.25, -0.2) is 4.39 Å². The number of hydrogen-bond acceptors (Lipinski definition) is 1. The molecule has 0 N–H and O–H groups in total. The minimum absolute atomic E-state index is 0.0948. The molecule has 0 aliphatic carbocycles. The number of benzene rings is 2. The molecule has 0 bridgehead atoms. The van der Waals surface area contributed by atoms with E-state index >= 15 is 0 Å².